The van der Waals surface area contributed by atoms with Crippen LogP contribution < -0.4 is 0 Å². The van der Waals surface area contributed by atoms with E-state index in [-0.39, 0.29) is 5.41 Å². The number of rotatable bonds is 0. The number of thioether (sulfide) groups is 1. The number of ketones is 1. The maximum absolute atomic E-state index is 12.5. The maximum atomic E-state index is 12.5. The molecule has 0 aromatic rings. The van der Waals surface area contributed by atoms with Crippen LogP contribution in [0.25, 0.3) is 0 Å². The van der Waals surface area contributed by atoms with E-state index in [4.69, 9.17) is 0 Å². The molecule has 0 radical (unpaired) electrons. The van der Waals surface area contributed by atoms with Crippen molar-refractivity contribution in [3.8, 4) is 0 Å². The Balaban J connectivity index is 1.45. The number of fused-ring (bicyclic) bond motifs is 5. The number of hydrogen-bond donors (Lipinski definition) is 0. The summed E-state index contributed by atoms with van der Waals surface area (Å²) < 4.78 is 0.726. The molecule has 4 aliphatic carbocycles. The standard InChI is InChI=1S/C20H30OS/c1-18-9-10-20(12-22-20)11-13(18)3-4-14-15-5-6-17(21)19(15,2)8-7-16(14)18/h13-16H,3-12H2,1-2H3. The topological polar surface area (TPSA) is 17.1 Å². The molecule has 5 fully saturated rings. The number of hydrogen-bond acceptors (Lipinski definition) is 2. The number of carbonyl (C=O) groups is 1. The molecular weight excluding hydrogens is 288 g/mol. The Kier molecular flexibility index (Phi) is 2.84. The van der Waals surface area contributed by atoms with Crippen LogP contribution in [0.1, 0.15) is 71.6 Å². The van der Waals surface area contributed by atoms with E-state index in [1.165, 1.54) is 57.1 Å². The van der Waals surface area contributed by atoms with Crippen molar-refractivity contribution in [2.45, 2.75) is 76.4 Å². The lowest BCUT2D eigenvalue weighted by Crippen LogP contribution is -2.54. The lowest BCUT2D eigenvalue weighted by atomic mass is 9.45. The van der Waals surface area contributed by atoms with Crippen LogP contribution >= 0.6 is 11.8 Å². The van der Waals surface area contributed by atoms with E-state index >= 15 is 0 Å². The third kappa shape index (κ3) is 1.71. The van der Waals surface area contributed by atoms with Crippen LogP contribution in [-0.4, -0.2) is 16.3 Å². The van der Waals surface area contributed by atoms with Gasteiger partial charge in [-0.15, -0.1) is 0 Å². The smallest absolute Gasteiger partial charge is 0.139 e. The van der Waals surface area contributed by atoms with Crippen molar-refractivity contribution in [2.75, 3.05) is 5.75 Å². The first-order valence-corrected chi connectivity index (χ1v) is 10.6. The van der Waals surface area contributed by atoms with E-state index in [1.54, 1.807) is 0 Å². The molecular formula is C20H30OS. The molecule has 7 unspecified atom stereocenters. The summed E-state index contributed by atoms with van der Waals surface area (Å²) in [7, 11) is 0. The third-order valence-electron chi connectivity index (χ3n) is 9.06. The summed E-state index contributed by atoms with van der Waals surface area (Å²) in [6, 6.07) is 0. The Morgan fingerprint density at radius 1 is 1.00 bits per heavy atom. The molecule has 1 heterocycles. The van der Waals surface area contributed by atoms with Crippen LogP contribution in [0, 0.1) is 34.5 Å². The van der Waals surface area contributed by atoms with Crippen LogP contribution in [0.4, 0.5) is 0 Å². The second kappa shape index (κ2) is 4.35. The molecule has 4 saturated carbocycles. The molecule has 0 aromatic carbocycles. The highest BCUT2D eigenvalue weighted by atomic mass is 32.2. The summed E-state index contributed by atoms with van der Waals surface area (Å²) >= 11 is 2.25. The Morgan fingerprint density at radius 2 is 1.82 bits per heavy atom. The van der Waals surface area contributed by atoms with E-state index in [1.807, 2.05) is 0 Å². The summed E-state index contributed by atoms with van der Waals surface area (Å²) in [6.07, 6.45) is 12.0. The van der Waals surface area contributed by atoms with Gasteiger partial charge in [0, 0.05) is 22.3 Å². The van der Waals surface area contributed by atoms with Gasteiger partial charge in [0.2, 0.25) is 0 Å². The van der Waals surface area contributed by atoms with Gasteiger partial charge >= 0.3 is 0 Å². The Hall–Kier alpha value is 0.0200. The monoisotopic (exact) mass is 318 g/mol. The maximum Gasteiger partial charge on any atom is 0.139 e. The lowest BCUT2D eigenvalue weighted by Gasteiger charge is -2.60. The van der Waals surface area contributed by atoms with Crippen molar-refractivity contribution in [1.29, 1.82) is 0 Å². The van der Waals surface area contributed by atoms with Crippen molar-refractivity contribution in [1.82, 2.24) is 0 Å². The minimum atomic E-state index is 0.0621. The molecule has 2 heteroatoms. The molecule has 5 rings (SSSR count). The average Bonchev–Trinajstić information content (AvgIpc) is 3.19. The second-order valence-corrected chi connectivity index (χ2v) is 11.2. The Morgan fingerprint density at radius 3 is 2.59 bits per heavy atom. The van der Waals surface area contributed by atoms with Gasteiger partial charge in [-0.05, 0) is 80.5 Å². The first-order chi connectivity index (χ1) is 10.5. The van der Waals surface area contributed by atoms with Crippen LogP contribution in [0.15, 0.2) is 0 Å². The summed E-state index contributed by atoms with van der Waals surface area (Å²) in [5, 5.41) is 0. The predicted molar refractivity (Wildman–Crippen MR) is 91.9 cm³/mol. The Bertz CT molecular complexity index is 524. The van der Waals surface area contributed by atoms with Gasteiger partial charge in [0.05, 0.1) is 0 Å². The van der Waals surface area contributed by atoms with E-state index in [2.05, 4.69) is 25.6 Å². The van der Waals surface area contributed by atoms with Crippen molar-refractivity contribution >= 4 is 17.5 Å². The lowest BCUT2D eigenvalue weighted by molar-refractivity contribution is -0.139. The Labute approximate surface area is 139 Å². The molecule has 1 spiro atoms. The number of carbonyl (C=O) groups excluding carboxylic acids is 1. The first kappa shape index (κ1) is 14.4. The largest absolute Gasteiger partial charge is 0.299 e. The van der Waals surface area contributed by atoms with Gasteiger partial charge < -0.3 is 0 Å². The van der Waals surface area contributed by atoms with Gasteiger partial charge in [-0.1, -0.05) is 13.8 Å². The molecule has 5 aliphatic rings. The molecule has 0 aromatic heterocycles. The van der Waals surface area contributed by atoms with Crippen molar-refractivity contribution in [2.24, 2.45) is 34.5 Å². The minimum absolute atomic E-state index is 0.0621. The van der Waals surface area contributed by atoms with Crippen LogP contribution in [0.2, 0.25) is 0 Å². The number of Topliss-reactive ketones (excluding diaryl/α,β-unsaturated/α-hetero) is 1. The van der Waals surface area contributed by atoms with Crippen LogP contribution in [-0.2, 0) is 4.79 Å². The van der Waals surface area contributed by atoms with Gasteiger partial charge in [-0.3, -0.25) is 4.79 Å². The van der Waals surface area contributed by atoms with E-state index in [0.717, 1.165) is 34.8 Å². The SMILES string of the molecule is CC12CCC3C(CCC4CC5(CCC43C)CS5)C1CCC2=O. The summed E-state index contributed by atoms with van der Waals surface area (Å²) in [5.74, 6) is 5.55. The fourth-order valence-electron chi connectivity index (χ4n) is 7.44. The second-order valence-electron chi connectivity index (χ2n) is 9.75. The quantitative estimate of drug-likeness (QED) is 0.579. The molecule has 7 atom stereocenters. The highest BCUT2D eigenvalue weighted by Gasteiger charge is 2.62. The zero-order chi connectivity index (χ0) is 15.2. The zero-order valence-corrected chi connectivity index (χ0v) is 15.0. The van der Waals surface area contributed by atoms with Gasteiger partial charge in [-0.25, -0.2) is 0 Å². The molecule has 0 bridgehead atoms. The molecule has 1 aliphatic heterocycles. The zero-order valence-electron chi connectivity index (χ0n) is 14.2. The molecule has 1 saturated heterocycles. The average molecular weight is 319 g/mol. The first-order valence-electron chi connectivity index (χ1n) is 9.64. The van der Waals surface area contributed by atoms with Crippen molar-refractivity contribution < 1.29 is 4.79 Å². The summed E-state index contributed by atoms with van der Waals surface area (Å²) in [4.78, 5) is 12.5. The normalized spacial score (nSPS) is 59.8. The predicted octanol–water partition coefficient (Wildman–Crippen LogP) is 5.08. The van der Waals surface area contributed by atoms with Gasteiger partial charge in [0.25, 0.3) is 0 Å². The molecule has 122 valence electrons. The highest BCUT2D eigenvalue weighted by molar-refractivity contribution is 8.07. The van der Waals surface area contributed by atoms with Crippen molar-refractivity contribution in [3.63, 3.8) is 0 Å². The third-order valence-corrected chi connectivity index (χ3v) is 10.5. The molecule has 1 nitrogen and oxygen atoms in total. The van der Waals surface area contributed by atoms with E-state index in [0.29, 0.717) is 11.2 Å². The van der Waals surface area contributed by atoms with E-state index in [9.17, 15) is 4.79 Å². The molecule has 22 heavy (non-hydrogen) atoms. The fourth-order valence-corrected chi connectivity index (χ4v) is 8.47. The highest BCUT2D eigenvalue weighted by Crippen LogP contribution is 2.69. The minimum Gasteiger partial charge on any atom is -0.299 e. The van der Waals surface area contributed by atoms with Gasteiger partial charge in [0.1, 0.15) is 5.78 Å². The van der Waals surface area contributed by atoms with Crippen LogP contribution in [0.5, 0.6) is 0 Å². The fraction of sp³-hybridized carbons (Fsp3) is 0.950. The summed E-state index contributed by atoms with van der Waals surface area (Å²) in [6.45, 7) is 4.96. The van der Waals surface area contributed by atoms with Gasteiger partial charge in [0.15, 0.2) is 0 Å². The van der Waals surface area contributed by atoms with Crippen LogP contribution in [0.3, 0.4) is 0 Å². The van der Waals surface area contributed by atoms with Crippen molar-refractivity contribution in [3.05, 3.63) is 0 Å². The van der Waals surface area contributed by atoms with E-state index < -0.39 is 0 Å². The molecule has 0 N–H and O–H groups in total. The summed E-state index contributed by atoms with van der Waals surface area (Å²) in [5.41, 5.74) is 0.664. The van der Waals surface area contributed by atoms with Gasteiger partial charge in [-0.2, -0.15) is 11.8 Å². The molecule has 0 amide bonds.